The molecule has 5 heteroatoms. The topological polar surface area (TPSA) is 67.3 Å². The highest BCUT2D eigenvalue weighted by atomic mass is 14.9. The molecule has 0 radical (unpaired) electrons. The van der Waals surface area contributed by atoms with Crippen molar-refractivity contribution in [2.75, 3.05) is 0 Å². The first kappa shape index (κ1) is 19.1. The molecule has 0 fully saturated rings. The number of fused-ring (bicyclic) bond motifs is 1. The summed E-state index contributed by atoms with van der Waals surface area (Å²) in [5, 5.41) is 0. The van der Waals surface area contributed by atoms with Gasteiger partial charge in [-0.1, -0.05) is 30.3 Å². The van der Waals surface area contributed by atoms with Crippen LogP contribution in [0.2, 0.25) is 0 Å². The Labute approximate surface area is 190 Å². The number of aromatic nitrogens is 5. The van der Waals surface area contributed by atoms with Gasteiger partial charge >= 0.3 is 0 Å². The van der Waals surface area contributed by atoms with Crippen molar-refractivity contribution in [3.05, 3.63) is 110 Å². The van der Waals surface area contributed by atoms with Crippen LogP contribution in [0.25, 0.3) is 55.5 Å². The van der Waals surface area contributed by atoms with Gasteiger partial charge in [0.1, 0.15) is 0 Å². The molecular weight excluding hydrogens is 406 g/mol. The summed E-state index contributed by atoms with van der Waals surface area (Å²) in [5.74, 6) is 0. The molecule has 4 heterocycles. The molecule has 2 aromatic carbocycles. The molecule has 0 unspecified atom stereocenters. The maximum atomic E-state index is 4.59. The van der Waals surface area contributed by atoms with Crippen LogP contribution in [0.5, 0.6) is 0 Å². The quantitative estimate of drug-likeness (QED) is 0.354. The average Bonchev–Trinajstić information content (AvgIpc) is 3.39. The first-order chi connectivity index (χ1) is 16.4. The zero-order chi connectivity index (χ0) is 22.0. The zero-order valence-electron chi connectivity index (χ0n) is 17.7. The lowest BCUT2D eigenvalue weighted by Gasteiger charge is -2.18. The van der Waals surface area contributed by atoms with Gasteiger partial charge in [0.25, 0.3) is 0 Å². The predicted molar refractivity (Wildman–Crippen MR) is 131 cm³/mol. The summed E-state index contributed by atoms with van der Waals surface area (Å²) in [4.78, 5) is 21.0. The van der Waals surface area contributed by atoms with Gasteiger partial charge in [-0.25, -0.2) is 4.98 Å². The molecule has 0 bridgehead atoms. The van der Waals surface area contributed by atoms with Gasteiger partial charge < -0.3 is 4.98 Å². The minimum Gasteiger partial charge on any atom is -0.345 e. The minimum absolute atomic E-state index is 0.945. The molecule has 0 spiro atoms. The van der Waals surface area contributed by atoms with Crippen molar-refractivity contribution in [3.8, 4) is 44.5 Å². The molecule has 0 aliphatic carbocycles. The zero-order valence-corrected chi connectivity index (χ0v) is 17.7. The van der Waals surface area contributed by atoms with E-state index in [0.717, 1.165) is 55.5 Å². The molecule has 0 atom stereocenters. The van der Waals surface area contributed by atoms with Crippen LogP contribution in [-0.4, -0.2) is 24.9 Å². The van der Waals surface area contributed by atoms with E-state index < -0.39 is 0 Å². The molecule has 0 aliphatic heterocycles. The smallest absolute Gasteiger partial charge is 0.0960 e. The number of pyridine rings is 3. The number of imidazole rings is 1. The van der Waals surface area contributed by atoms with Gasteiger partial charge in [0.2, 0.25) is 0 Å². The van der Waals surface area contributed by atoms with E-state index in [0.29, 0.717) is 0 Å². The van der Waals surface area contributed by atoms with Gasteiger partial charge in [0, 0.05) is 59.4 Å². The summed E-state index contributed by atoms with van der Waals surface area (Å²) < 4.78 is 0. The number of nitrogens with zero attached hydrogens (tertiary/aromatic N) is 4. The van der Waals surface area contributed by atoms with Crippen LogP contribution in [0.4, 0.5) is 0 Å². The number of para-hydroxylation sites is 1. The van der Waals surface area contributed by atoms with Gasteiger partial charge in [0.05, 0.1) is 17.4 Å². The molecule has 4 aromatic heterocycles. The van der Waals surface area contributed by atoms with E-state index in [4.69, 9.17) is 0 Å². The highest BCUT2D eigenvalue weighted by molar-refractivity contribution is 6.00. The first-order valence-corrected chi connectivity index (χ1v) is 10.7. The van der Waals surface area contributed by atoms with E-state index in [1.807, 2.05) is 42.9 Å². The summed E-state index contributed by atoms with van der Waals surface area (Å²) in [5.41, 5.74) is 10.5. The van der Waals surface area contributed by atoms with Crippen molar-refractivity contribution in [3.63, 3.8) is 0 Å². The van der Waals surface area contributed by atoms with Crippen LogP contribution < -0.4 is 0 Å². The summed E-state index contributed by atoms with van der Waals surface area (Å²) >= 11 is 0. The summed E-state index contributed by atoms with van der Waals surface area (Å²) in [6.07, 6.45) is 12.8. The maximum Gasteiger partial charge on any atom is 0.0960 e. The standard InChI is InChI=1S/C28H19N5/c1-8-23(28-26(9-1)32-18-33-28)22-13-24(19-5-2-10-29-15-19)27(21-7-4-12-31-17-21)25(14-22)20-6-3-11-30-16-20/h1-18H,(H,32,33). The number of aromatic amines is 1. The fraction of sp³-hybridized carbons (Fsp3) is 0. The van der Waals surface area contributed by atoms with Crippen molar-refractivity contribution in [1.29, 1.82) is 0 Å². The second-order valence-corrected chi connectivity index (χ2v) is 7.78. The van der Waals surface area contributed by atoms with Crippen molar-refractivity contribution >= 4 is 11.0 Å². The van der Waals surface area contributed by atoms with Crippen molar-refractivity contribution in [1.82, 2.24) is 24.9 Å². The molecule has 156 valence electrons. The monoisotopic (exact) mass is 425 g/mol. The highest BCUT2D eigenvalue weighted by Crippen LogP contribution is 2.43. The van der Waals surface area contributed by atoms with Crippen LogP contribution >= 0.6 is 0 Å². The Morgan fingerprint density at radius 2 is 1.15 bits per heavy atom. The SMILES string of the molecule is c1cncc(-c2cc(-c3cccc4[nH]cnc34)cc(-c3cccnc3)c2-c2cccnc2)c1. The van der Waals surface area contributed by atoms with E-state index in [1.54, 1.807) is 24.9 Å². The van der Waals surface area contributed by atoms with Gasteiger partial charge in [-0.05, 0) is 58.7 Å². The van der Waals surface area contributed by atoms with Crippen molar-refractivity contribution < 1.29 is 0 Å². The van der Waals surface area contributed by atoms with E-state index >= 15 is 0 Å². The third-order valence-corrected chi connectivity index (χ3v) is 5.79. The third kappa shape index (κ3) is 3.46. The average molecular weight is 425 g/mol. The minimum atomic E-state index is 0.945. The van der Waals surface area contributed by atoms with Crippen LogP contribution in [0.15, 0.2) is 110 Å². The fourth-order valence-electron chi connectivity index (χ4n) is 4.32. The number of hydrogen-bond acceptors (Lipinski definition) is 4. The van der Waals surface area contributed by atoms with E-state index in [-0.39, 0.29) is 0 Å². The summed E-state index contributed by atoms with van der Waals surface area (Å²) in [6.45, 7) is 0. The lowest BCUT2D eigenvalue weighted by atomic mass is 9.85. The first-order valence-electron chi connectivity index (χ1n) is 10.7. The Morgan fingerprint density at radius 3 is 1.73 bits per heavy atom. The Morgan fingerprint density at radius 1 is 0.545 bits per heavy atom. The lowest BCUT2D eigenvalue weighted by molar-refractivity contribution is 1.31. The molecule has 6 aromatic rings. The Kier molecular flexibility index (Phi) is 4.70. The van der Waals surface area contributed by atoms with Crippen LogP contribution in [-0.2, 0) is 0 Å². The number of hydrogen-bond donors (Lipinski definition) is 1. The van der Waals surface area contributed by atoms with Gasteiger partial charge in [-0.2, -0.15) is 0 Å². The molecule has 1 N–H and O–H groups in total. The van der Waals surface area contributed by atoms with Crippen molar-refractivity contribution in [2.45, 2.75) is 0 Å². The molecule has 0 saturated carbocycles. The Hall–Kier alpha value is -4.64. The molecule has 33 heavy (non-hydrogen) atoms. The number of benzene rings is 2. The molecule has 0 saturated heterocycles. The molecular formula is C28H19N5. The number of nitrogens with one attached hydrogen (secondary N) is 1. The molecule has 0 amide bonds. The molecule has 0 aliphatic rings. The van der Waals surface area contributed by atoms with E-state index in [2.05, 4.69) is 67.4 Å². The largest absolute Gasteiger partial charge is 0.345 e. The third-order valence-electron chi connectivity index (χ3n) is 5.79. The lowest BCUT2D eigenvalue weighted by Crippen LogP contribution is -1.94. The van der Waals surface area contributed by atoms with Crippen LogP contribution in [0.1, 0.15) is 0 Å². The van der Waals surface area contributed by atoms with Crippen molar-refractivity contribution in [2.24, 2.45) is 0 Å². The fourth-order valence-corrected chi connectivity index (χ4v) is 4.32. The second kappa shape index (κ2) is 8.13. The Bertz CT molecular complexity index is 1480. The normalized spacial score (nSPS) is 11.0. The van der Waals surface area contributed by atoms with E-state index in [9.17, 15) is 0 Å². The predicted octanol–water partition coefficient (Wildman–Crippen LogP) is 6.42. The number of rotatable bonds is 4. The van der Waals surface area contributed by atoms with Gasteiger partial charge in [-0.3, -0.25) is 15.0 Å². The number of H-pyrrole nitrogens is 1. The second-order valence-electron chi connectivity index (χ2n) is 7.78. The summed E-state index contributed by atoms with van der Waals surface area (Å²) in [6, 6.07) is 22.8. The summed E-state index contributed by atoms with van der Waals surface area (Å²) in [7, 11) is 0. The highest BCUT2D eigenvalue weighted by Gasteiger charge is 2.18. The van der Waals surface area contributed by atoms with Gasteiger partial charge in [-0.15, -0.1) is 0 Å². The van der Waals surface area contributed by atoms with Crippen LogP contribution in [0.3, 0.4) is 0 Å². The van der Waals surface area contributed by atoms with E-state index in [1.165, 1.54) is 0 Å². The van der Waals surface area contributed by atoms with Crippen LogP contribution in [0, 0.1) is 0 Å². The molecule has 6 rings (SSSR count). The Balaban J connectivity index is 1.73. The van der Waals surface area contributed by atoms with Gasteiger partial charge in [0.15, 0.2) is 0 Å². The molecule has 5 nitrogen and oxygen atoms in total. The maximum absolute atomic E-state index is 4.59.